The van der Waals surface area contributed by atoms with Gasteiger partial charge >= 0.3 is 5.97 Å². The Morgan fingerprint density at radius 1 is 1.24 bits per heavy atom. The molecule has 1 N–H and O–H groups in total. The van der Waals surface area contributed by atoms with Crippen molar-refractivity contribution in [2.75, 3.05) is 33.2 Å². The molecule has 0 aliphatic carbocycles. The van der Waals surface area contributed by atoms with Crippen molar-refractivity contribution < 1.29 is 14.7 Å². The van der Waals surface area contributed by atoms with Gasteiger partial charge in [0.2, 0.25) is 5.91 Å². The summed E-state index contributed by atoms with van der Waals surface area (Å²) in [6.07, 6.45) is 3.96. The lowest BCUT2D eigenvalue weighted by molar-refractivity contribution is -0.137. The first kappa shape index (κ1) is 14.0. The van der Waals surface area contributed by atoms with Crippen LogP contribution in [0.1, 0.15) is 32.1 Å². The predicted octanol–water partition coefficient (Wildman–Crippen LogP) is 0.795. The average Bonchev–Trinajstić information content (AvgIpc) is 2.77. The Bertz CT molecular complexity index is 262. The van der Waals surface area contributed by atoms with Gasteiger partial charge < -0.3 is 10.0 Å². The molecule has 1 rings (SSSR count). The van der Waals surface area contributed by atoms with Crippen LogP contribution in [0.2, 0.25) is 0 Å². The van der Waals surface area contributed by atoms with Crippen LogP contribution in [-0.2, 0) is 9.59 Å². The first-order valence-corrected chi connectivity index (χ1v) is 6.27. The molecule has 0 bridgehead atoms. The summed E-state index contributed by atoms with van der Waals surface area (Å²) in [6, 6.07) is 0. The quantitative estimate of drug-likeness (QED) is 0.671. The van der Waals surface area contributed by atoms with E-state index in [0.717, 1.165) is 38.9 Å². The molecular formula is C12H22N2O3. The van der Waals surface area contributed by atoms with E-state index < -0.39 is 5.97 Å². The highest BCUT2D eigenvalue weighted by molar-refractivity contribution is 5.78. The van der Waals surface area contributed by atoms with Crippen LogP contribution in [0.5, 0.6) is 0 Å². The molecular weight excluding hydrogens is 220 g/mol. The Balaban J connectivity index is 2.09. The van der Waals surface area contributed by atoms with E-state index in [-0.39, 0.29) is 12.3 Å². The fraction of sp³-hybridized carbons (Fsp3) is 0.833. The molecule has 0 radical (unpaired) electrons. The van der Waals surface area contributed by atoms with Gasteiger partial charge in [-0.2, -0.15) is 0 Å². The van der Waals surface area contributed by atoms with E-state index in [2.05, 4.69) is 0 Å². The average molecular weight is 242 g/mol. The van der Waals surface area contributed by atoms with Crippen LogP contribution in [0.15, 0.2) is 0 Å². The van der Waals surface area contributed by atoms with Gasteiger partial charge in [-0.3, -0.25) is 14.5 Å². The number of carbonyl (C=O) groups is 2. The minimum absolute atomic E-state index is 0.197. The van der Waals surface area contributed by atoms with Crippen LogP contribution in [0.4, 0.5) is 0 Å². The molecule has 0 aromatic rings. The molecule has 0 aromatic carbocycles. The minimum Gasteiger partial charge on any atom is -0.481 e. The molecule has 1 aliphatic heterocycles. The van der Waals surface area contributed by atoms with Crippen LogP contribution in [0.3, 0.4) is 0 Å². The van der Waals surface area contributed by atoms with Crippen molar-refractivity contribution in [1.82, 2.24) is 9.80 Å². The summed E-state index contributed by atoms with van der Waals surface area (Å²) in [5.41, 5.74) is 0. The largest absolute Gasteiger partial charge is 0.481 e. The minimum atomic E-state index is -0.749. The van der Waals surface area contributed by atoms with Crippen molar-refractivity contribution in [1.29, 1.82) is 0 Å². The highest BCUT2D eigenvalue weighted by Crippen LogP contribution is 2.08. The van der Waals surface area contributed by atoms with E-state index in [0.29, 0.717) is 13.0 Å². The van der Waals surface area contributed by atoms with Crippen LogP contribution in [0, 0.1) is 0 Å². The lowest BCUT2D eigenvalue weighted by atomic mass is 10.2. The van der Waals surface area contributed by atoms with Crippen molar-refractivity contribution in [3.8, 4) is 0 Å². The summed E-state index contributed by atoms with van der Waals surface area (Å²) < 4.78 is 0. The molecule has 0 saturated carbocycles. The van der Waals surface area contributed by atoms with Gasteiger partial charge in [0.25, 0.3) is 0 Å². The van der Waals surface area contributed by atoms with Gasteiger partial charge in [0.1, 0.15) is 0 Å². The highest BCUT2D eigenvalue weighted by Gasteiger charge is 2.18. The van der Waals surface area contributed by atoms with Crippen molar-refractivity contribution in [3.63, 3.8) is 0 Å². The van der Waals surface area contributed by atoms with E-state index in [1.807, 2.05) is 16.8 Å². The number of likely N-dealkylation sites (tertiary alicyclic amines) is 1. The second-order valence-corrected chi connectivity index (χ2v) is 4.68. The number of carbonyl (C=O) groups excluding carboxylic acids is 1. The van der Waals surface area contributed by atoms with Crippen molar-refractivity contribution in [2.24, 2.45) is 0 Å². The molecule has 5 nitrogen and oxygen atoms in total. The maximum absolute atomic E-state index is 11.8. The molecule has 1 heterocycles. The van der Waals surface area contributed by atoms with E-state index in [1.165, 1.54) is 0 Å². The van der Waals surface area contributed by atoms with Gasteiger partial charge in [-0.1, -0.05) is 0 Å². The highest BCUT2D eigenvalue weighted by atomic mass is 16.4. The maximum atomic E-state index is 11.8. The Morgan fingerprint density at radius 3 is 2.47 bits per heavy atom. The lowest BCUT2D eigenvalue weighted by Gasteiger charge is -2.20. The number of nitrogens with zero attached hydrogens (tertiary/aromatic N) is 2. The molecule has 1 fully saturated rings. The Labute approximate surface area is 102 Å². The normalized spacial score (nSPS) is 15.5. The summed E-state index contributed by atoms with van der Waals surface area (Å²) in [5, 5.41) is 8.49. The number of carboxylic acids is 1. The van der Waals surface area contributed by atoms with E-state index in [9.17, 15) is 9.59 Å². The van der Waals surface area contributed by atoms with Gasteiger partial charge in [0.15, 0.2) is 0 Å². The van der Waals surface area contributed by atoms with Gasteiger partial charge in [0.05, 0.1) is 6.54 Å². The van der Waals surface area contributed by atoms with Crippen LogP contribution in [0.25, 0.3) is 0 Å². The van der Waals surface area contributed by atoms with E-state index >= 15 is 0 Å². The zero-order valence-electron chi connectivity index (χ0n) is 10.5. The zero-order chi connectivity index (χ0) is 12.7. The number of rotatable bonds is 7. The summed E-state index contributed by atoms with van der Waals surface area (Å²) in [4.78, 5) is 26.0. The molecule has 1 saturated heterocycles. The molecule has 0 spiro atoms. The lowest BCUT2D eigenvalue weighted by Crippen LogP contribution is -2.37. The Hall–Kier alpha value is -1.10. The Morgan fingerprint density at radius 2 is 1.88 bits per heavy atom. The van der Waals surface area contributed by atoms with Gasteiger partial charge in [0, 0.05) is 19.5 Å². The molecule has 98 valence electrons. The topological polar surface area (TPSA) is 60.9 Å². The number of amides is 1. The van der Waals surface area contributed by atoms with E-state index in [4.69, 9.17) is 5.11 Å². The SMILES string of the molecule is CN(CCCCC(=O)O)CC(=O)N1CCCC1. The molecule has 0 unspecified atom stereocenters. The molecule has 5 heteroatoms. The van der Waals surface area contributed by atoms with Crippen LogP contribution in [-0.4, -0.2) is 60.0 Å². The summed E-state index contributed by atoms with van der Waals surface area (Å²) in [5.74, 6) is -0.552. The summed E-state index contributed by atoms with van der Waals surface area (Å²) in [7, 11) is 1.91. The third-order valence-electron chi connectivity index (χ3n) is 3.04. The smallest absolute Gasteiger partial charge is 0.303 e. The van der Waals surface area contributed by atoms with E-state index in [1.54, 1.807) is 0 Å². The maximum Gasteiger partial charge on any atom is 0.303 e. The van der Waals surface area contributed by atoms with Gasteiger partial charge in [-0.05, 0) is 39.3 Å². The molecule has 0 aromatic heterocycles. The third-order valence-corrected chi connectivity index (χ3v) is 3.04. The number of hydrogen-bond acceptors (Lipinski definition) is 3. The number of likely N-dealkylation sites (N-methyl/N-ethyl adjacent to an activating group) is 1. The van der Waals surface area contributed by atoms with Gasteiger partial charge in [-0.25, -0.2) is 0 Å². The van der Waals surface area contributed by atoms with Crippen molar-refractivity contribution >= 4 is 11.9 Å². The van der Waals surface area contributed by atoms with Crippen molar-refractivity contribution in [3.05, 3.63) is 0 Å². The van der Waals surface area contributed by atoms with Crippen molar-refractivity contribution in [2.45, 2.75) is 32.1 Å². The second-order valence-electron chi connectivity index (χ2n) is 4.68. The fourth-order valence-corrected chi connectivity index (χ4v) is 2.03. The standard InChI is InChI=1S/C12H22N2O3/c1-13(7-3-2-6-12(16)17)10-11(15)14-8-4-5-9-14/h2-10H2,1H3,(H,16,17). The monoisotopic (exact) mass is 242 g/mol. The zero-order valence-corrected chi connectivity index (χ0v) is 10.5. The van der Waals surface area contributed by atoms with Crippen LogP contribution < -0.4 is 0 Å². The fourth-order valence-electron chi connectivity index (χ4n) is 2.03. The summed E-state index contributed by atoms with van der Waals surface area (Å²) >= 11 is 0. The number of aliphatic carboxylic acids is 1. The second kappa shape index (κ2) is 7.27. The molecule has 17 heavy (non-hydrogen) atoms. The van der Waals surface area contributed by atoms with Crippen LogP contribution >= 0.6 is 0 Å². The first-order chi connectivity index (χ1) is 8.09. The number of hydrogen-bond donors (Lipinski definition) is 1. The molecule has 1 amide bonds. The predicted molar refractivity (Wildman–Crippen MR) is 64.8 cm³/mol. The first-order valence-electron chi connectivity index (χ1n) is 6.27. The number of carboxylic acid groups (broad SMARTS) is 1. The summed E-state index contributed by atoms with van der Waals surface area (Å²) in [6.45, 7) is 3.03. The van der Waals surface area contributed by atoms with Gasteiger partial charge in [-0.15, -0.1) is 0 Å². The Kier molecular flexibility index (Phi) is 5.97. The molecule has 0 atom stereocenters. The third kappa shape index (κ3) is 5.68. The number of unbranched alkanes of at least 4 members (excludes halogenated alkanes) is 1. The molecule has 1 aliphatic rings.